The molecule has 0 bridgehead atoms. The lowest BCUT2D eigenvalue weighted by atomic mass is 10.2. The molecule has 1 aromatic carbocycles. The van der Waals surface area contributed by atoms with Gasteiger partial charge in [-0.1, -0.05) is 24.3 Å². The number of hydrogen-bond acceptors (Lipinski definition) is 3. The fraction of sp³-hybridized carbons (Fsp3) is 0. The van der Waals surface area contributed by atoms with Gasteiger partial charge in [0.05, 0.1) is 5.39 Å². The number of aromatic nitrogens is 1. The highest BCUT2D eigenvalue weighted by molar-refractivity contribution is 7.25. The van der Waals surface area contributed by atoms with Gasteiger partial charge in [0.2, 0.25) is 0 Å². The molecule has 0 aliphatic rings. The number of pyridine rings is 1. The van der Waals surface area contributed by atoms with E-state index in [2.05, 4.69) is 4.98 Å². The first-order chi connectivity index (χ1) is 7.36. The number of thiophene rings is 1. The Morgan fingerprint density at radius 2 is 1.93 bits per heavy atom. The monoisotopic (exact) mass is 213 g/mol. The third-order valence-electron chi connectivity index (χ3n) is 2.35. The van der Waals surface area contributed by atoms with E-state index < -0.39 is 0 Å². The molecule has 2 aromatic heterocycles. The minimum Gasteiger partial charge on any atom is -0.289 e. The van der Waals surface area contributed by atoms with Gasteiger partial charge in [0, 0.05) is 22.3 Å². The van der Waals surface area contributed by atoms with Crippen molar-refractivity contribution in [3.63, 3.8) is 0 Å². The van der Waals surface area contributed by atoms with Crippen molar-refractivity contribution in [1.29, 1.82) is 0 Å². The summed E-state index contributed by atoms with van der Waals surface area (Å²) in [6.45, 7) is 0. The molecule has 0 saturated heterocycles. The van der Waals surface area contributed by atoms with Crippen LogP contribution in [0.25, 0.3) is 20.3 Å². The Labute approximate surface area is 89.8 Å². The Hall–Kier alpha value is -1.74. The normalized spacial score (nSPS) is 10.9. The van der Waals surface area contributed by atoms with Gasteiger partial charge in [0.25, 0.3) is 0 Å². The smallest absolute Gasteiger partial charge is 0.191 e. The highest BCUT2D eigenvalue weighted by atomic mass is 32.1. The molecule has 0 atom stereocenters. The second kappa shape index (κ2) is 3.14. The lowest BCUT2D eigenvalue weighted by Crippen LogP contribution is -1.97. The molecule has 3 aromatic rings. The van der Waals surface area contributed by atoms with E-state index >= 15 is 0 Å². The Bertz CT molecular complexity index is 702. The highest BCUT2D eigenvalue weighted by Crippen LogP contribution is 2.28. The van der Waals surface area contributed by atoms with Crippen molar-refractivity contribution in [2.75, 3.05) is 0 Å². The zero-order valence-corrected chi connectivity index (χ0v) is 8.62. The molecule has 0 aliphatic heterocycles. The lowest BCUT2D eigenvalue weighted by molar-refractivity contribution is 1.43. The van der Waals surface area contributed by atoms with Gasteiger partial charge in [-0.05, 0) is 6.07 Å². The van der Waals surface area contributed by atoms with E-state index in [0.29, 0.717) is 0 Å². The van der Waals surface area contributed by atoms with E-state index in [4.69, 9.17) is 0 Å². The fourth-order valence-corrected chi connectivity index (χ4v) is 2.74. The summed E-state index contributed by atoms with van der Waals surface area (Å²) in [5, 5.41) is 1.74. The van der Waals surface area contributed by atoms with E-state index in [1.54, 1.807) is 17.5 Å². The first-order valence-corrected chi connectivity index (χ1v) is 5.44. The molecule has 72 valence electrons. The molecule has 0 aliphatic carbocycles. The van der Waals surface area contributed by atoms with Crippen molar-refractivity contribution in [3.05, 3.63) is 52.8 Å². The van der Waals surface area contributed by atoms with Crippen LogP contribution < -0.4 is 5.43 Å². The average molecular weight is 213 g/mol. The van der Waals surface area contributed by atoms with Crippen molar-refractivity contribution >= 4 is 31.6 Å². The molecule has 0 N–H and O–H groups in total. The number of hydrogen-bond donors (Lipinski definition) is 0. The molecular formula is C12H7NOS. The first-order valence-electron chi connectivity index (χ1n) is 4.63. The molecule has 3 rings (SSSR count). The summed E-state index contributed by atoms with van der Waals surface area (Å²) in [5.41, 5.74) is 0.0532. The van der Waals surface area contributed by atoms with Crippen LogP contribution in [0.15, 0.2) is 47.4 Å². The van der Waals surface area contributed by atoms with E-state index in [9.17, 15) is 4.79 Å². The maximum atomic E-state index is 11.7. The molecule has 0 fully saturated rings. The number of rotatable bonds is 0. The minimum atomic E-state index is 0.0532. The molecule has 2 nitrogen and oxygen atoms in total. The molecule has 0 spiro atoms. The summed E-state index contributed by atoms with van der Waals surface area (Å²) in [7, 11) is 0. The van der Waals surface area contributed by atoms with Crippen LogP contribution in [0.3, 0.4) is 0 Å². The summed E-state index contributed by atoms with van der Waals surface area (Å²) in [4.78, 5) is 16.8. The van der Waals surface area contributed by atoms with Crippen LogP contribution in [0.5, 0.6) is 0 Å². The molecule has 0 amide bonds. The Morgan fingerprint density at radius 3 is 2.87 bits per heavy atom. The van der Waals surface area contributed by atoms with E-state index in [-0.39, 0.29) is 5.43 Å². The van der Waals surface area contributed by atoms with Crippen LogP contribution in [0.1, 0.15) is 0 Å². The largest absolute Gasteiger partial charge is 0.289 e. The maximum absolute atomic E-state index is 11.7. The summed E-state index contributed by atoms with van der Waals surface area (Å²) in [6, 6.07) is 11.4. The van der Waals surface area contributed by atoms with E-state index in [1.165, 1.54) is 6.07 Å². The van der Waals surface area contributed by atoms with Crippen molar-refractivity contribution in [1.82, 2.24) is 4.98 Å². The second-order valence-electron chi connectivity index (χ2n) is 3.28. The van der Waals surface area contributed by atoms with E-state index in [1.807, 2.05) is 30.3 Å². The molecular weight excluding hydrogens is 206 g/mol. The third-order valence-corrected chi connectivity index (χ3v) is 3.43. The van der Waals surface area contributed by atoms with Crippen LogP contribution in [0.2, 0.25) is 0 Å². The van der Waals surface area contributed by atoms with Crippen molar-refractivity contribution in [3.8, 4) is 0 Å². The van der Waals surface area contributed by atoms with Gasteiger partial charge >= 0.3 is 0 Å². The number of nitrogens with zero attached hydrogens (tertiary/aromatic N) is 1. The molecule has 3 heteroatoms. The Morgan fingerprint density at radius 1 is 1.07 bits per heavy atom. The first kappa shape index (κ1) is 8.56. The van der Waals surface area contributed by atoms with Gasteiger partial charge in [-0.25, -0.2) is 4.98 Å². The van der Waals surface area contributed by atoms with Crippen LogP contribution in [-0.4, -0.2) is 4.98 Å². The van der Waals surface area contributed by atoms with Gasteiger partial charge in [-0.2, -0.15) is 0 Å². The van der Waals surface area contributed by atoms with Crippen molar-refractivity contribution in [2.24, 2.45) is 0 Å². The zero-order valence-electron chi connectivity index (χ0n) is 7.81. The van der Waals surface area contributed by atoms with E-state index in [0.717, 1.165) is 20.3 Å². The predicted octanol–water partition coefficient (Wildman–Crippen LogP) is 2.81. The Balaban J connectivity index is 2.70. The third kappa shape index (κ3) is 1.24. The van der Waals surface area contributed by atoms with Gasteiger partial charge in [0.1, 0.15) is 4.83 Å². The van der Waals surface area contributed by atoms with Gasteiger partial charge in [-0.3, -0.25) is 4.79 Å². The summed E-state index contributed by atoms with van der Waals surface area (Å²) < 4.78 is 1.10. The molecule has 2 heterocycles. The van der Waals surface area contributed by atoms with Crippen LogP contribution in [0.4, 0.5) is 0 Å². The summed E-state index contributed by atoms with van der Waals surface area (Å²) in [5.74, 6) is 0. The molecule has 0 radical (unpaired) electrons. The van der Waals surface area contributed by atoms with Crippen molar-refractivity contribution < 1.29 is 0 Å². The predicted molar refractivity (Wildman–Crippen MR) is 63.4 cm³/mol. The summed E-state index contributed by atoms with van der Waals surface area (Å²) >= 11 is 1.56. The van der Waals surface area contributed by atoms with Crippen LogP contribution in [-0.2, 0) is 0 Å². The van der Waals surface area contributed by atoms with Crippen LogP contribution in [0, 0.1) is 0 Å². The minimum absolute atomic E-state index is 0.0532. The Kier molecular flexibility index (Phi) is 1.79. The topological polar surface area (TPSA) is 30.0 Å². The molecule has 0 saturated carbocycles. The quantitative estimate of drug-likeness (QED) is 0.574. The standard InChI is InChI=1S/C12H7NOS/c14-9-6-7-13-12-11(9)8-4-2-1-3-5-10(8)15-12/h1-7H. The second-order valence-corrected chi connectivity index (χ2v) is 4.31. The zero-order chi connectivity index (χ0) is 10.3. The molecule has 15 heavy (non-hydrogen) atoms. The number of fused-ring (bicyclic) bond motifs is 3. The lowest BCUT2D eigenvalue weighted by Gasteiger charge is -1.84. The summed E-state index contributed by atoms with van der Waals surface area (Å²) in [6.07, 6.45) is 1.57. The van der Waals surface area contributed by atoms with Gasteiger partial charge < -0.3 is 0 Å². The molecule has 0 unspecified atom stereocenters. The van der Waals surface area contributed by atoms with Crippen molar-refractivity contribution in [2.45, 2.75) is 0 Å². The highest BCUT2D eigenvalue weighted by Gasteiger charge is 2.06. The van der Waals surface area contributed by atoms with Crippen LogP contribution >= 0.6 is 11.3 Å². The SMILES string of the molecule is O=c1ccnc2sc3cccccc3c12. The van der Waals surface area contributed by atoms with Gasteiger partial charge in [-0.15, -0.1) is 11.3 Å². The maximum Gasteiger partial charge on any atom is 0.191 e. The average Bonchev–Trinajstić information content (AvgIpc) is 2.43. The van der Waals surface area contributed by atoms with Gasteiger partial charge in [0.15, 0.2) is 5.43 Å². The fourth-order valence-electron chi connectivity index (χ4n) is 1.68.